The van der Waals surface area contributed by atoms with Crippen molar-refractivity contribution in [3.63, 3.8) is 0 Å². The Morgan fingerprint density at radius 3 is 2.38 bits per heavy atom. The van der Waals surface area contributed by atoms with Crippen molar-refractivity contribution in [3.05, 3.63) is 20.3 Å². The SMILES string of the molecule is Cc1c(Br)c([N+](=O)[O-])nn1CC(=O)NC1C2CC3CC(C2)CC1C3. The molecule has 4 aliphatic carbocycles. The van der Waals surface area contributed by atoms with Gasteiger partial charge in [-0.05, 0) is 83.6 Å². The molecule has 0 spiro atoms. The zero-order valence-corrected chi connectivity index (χ0v) is 15.2. The monoisotopic (exact) mass is 396 g/mol. The highest BCUT2D eigenvalue weighted by Crippen LogP contribution is 2.53. The molecule has 4 aliphatic rings. The molecule has 24 heavy (non-hydrogen) atoms. The quantitative estimate of drug-likeness (QED) is 0.625. The molecule has 7 nitrogen and oxygen atoms in total. The number of carbonyl (C=O) groups is 1. The van der Waals surface area contributed by atoms with E-state index in [-0.39, 0.29) is 24.3 Å². The van der Waals surface area contributed by atoms with E-state index < -0.39 is 4.92 Å². The topological polar surface area (TPSA) is 90.1 Å². The molecule has 0 aromatic carbocycles. The van der Waals surface area contributed by atoms with Crippen molar-refractivity contribution in [3.8, 4) is 0 Å². The molecule has 5 rings (SSSR count). The lowest BCUT2D eigenvalue weighted by atomic mass is 9.54. The second kappa shape index (κ2) is 5.82. The van der Waals surface area contributed by atoms with Crippen LogP contribution in [0.1, 0.15) is 37.8 Å². The van der Waals surface area contributed by atoms with Gasteiger partial charge in [0.1, 0.15) is 11.0 Å². The second-order valence-electron chi connectivity index (χ2n) is 7.66. The lowest BCUT2D eigenvalue weighted by Gasteiger charge is -2.54. The Morgan fingerprint density at radius 1 is 1.29 bits per heavy atom. The summed E-state index contributed by atoms with van der Waals surface area (Å²) in [5.74, 6) is 2.63. The van der Waals surface area contributed by atoms with E-state index >= 15 is 0 Å². The Kier molecular flexibility index (Phi) is 3.89. The van der Waals surface area contributed by atoms with Crippen molar-refractivity contribution in [2.24, 2.45) is 23.7 Å². The minimum atomic E-state index is -0.538. The minimum absolute atomic E-state index is 0.0288. The van der Waals surface area contributed by atoms with E-state index in [2.05, 4.69) is 26.3 Å². The highest BCUT2D eigenvalue weighted by Gasteiger charge is 2.48. The number of carbonyl (C=O) groups excluding carboxylic acids is 1. The van der Waals surface area contributed by atoms with Gasteiger partial charge in [0.05, 0.1) is 10.8 Å². The van der Waals surface area contributed by atoms with Crippen LogP contribution < -0.4 is 5.32 Å². The molecule has 0 radical (unpaired) electrons. The van der Waals surface area contributed by atoms with Crippen molar-refractivity contribution in [1.29, 1.82) is 0 Å². The van der Waals surface area contributed by atoms with E-state index in [9.17, 15) is 14.9 Å². The predicted molar refractivity (Wildman–Crippen MR) is 90.3 cm³/mol. The number of amides is 1. The Bertz CT molecular complexity index is 674. The molecule has 4 fully saturated rings. The van der Waals surface area contributed by atoms with Gasteiger partial charge in [0, 0.05) is 6.04 Å². The molecule has 0 saturated heterocycles. The fraction of sp³-hybridized carbons (Fsp3) is 0.750. The summed E-state index contributed by atoms with van der Waals surface area (Å²) in [5.41, 5.74) is 0.599. The lowest BCUT2D eigenvalue weighted by Crippen LogP contribution is -2.56. The van der Waals surface area contributed by atoms with Gasteiger partial charge in [-0.2, -0.15) is 4.68 Å². The number of hydrogen-bond acceptors (Lipinski definition) is 4. The average Bonchev–Trinajstić information content (AvgIpc) is 2.79. The van der Waals surface area contributed by atoms with Crippen molar-refractivity contribution in [2.45, 2.75) is 51.6 Å². The highest BCUT2D eigenvalue weighted by molar-refractivity contribution is 9.10. The Balaban J connectivity index is 1.44. The molecular formula is C16H21BrN4O3. The van der Waals surface area contributed by atoms with E-state index in [1.165, 1.54) is 36.8 Å². The molecule has 1 N–H and O–H groups in total. The van der Waals surface area contributed by atoms with Gasteiger partial charge < -0.3 is 15.4 Å². The van der Waals surface area contributed by atoms with Crippen LogP contribution in [0.3, 0.4) is 0 Å². The molecule has 0 aliphatic heterocycles. The minimum Gasteiger partial charge on any atom is -0.358 e. The molecule has 0 unspecified atom stereocenters. The van der Waals surface area contributed by atoms with Crippen LogP contribution in [0.15, 0.2) is 4.47 Å². The number of nitrogens with zero attached hydrogens (tertiary/aromatic N) is 3. The molecule has 4 saturated carbocycles. The fourth-order valence-corrected chi connectivity index (χ4v) is 5.74. The van der Waals surface area contributed by atoms with E-state index in [0.29, 0.717) is 22.0 Å². The summed E-state index contributed by atoms with van der Waals surface area (Å²) in [6.45, 7) is 1.75. The second-order valence-corrected chi connectivity index (χ2v) is 8.45. The molecule has 1 aromatic heterocycles. The first-order valence-electron chi connectivity index (χ1n) is 8.59. The molecule has 8 heteroatoms. The summed E-state index contributed by atoms with van der Waals surface area (Å²) in [6, 6.07) is 0.277. The third kappa shape index (κ3) is 2.64. The fourth-order valence-electron chi connectivity index (χ4n) is 5.31. The smallest absolute Gasteiger partial charge is 0.358 e. The Labute approximate surface area is 148 Å². The molecule has 1 heterocycles. The van der Waals surface area contributed by atoms with Gasteiger partial charge in [0.25, 0.3) is 0 Å². The standard InChI is InChI=1S/C16H21BrN4O3/c1-8-14(17)16(21(23)24)19-20(8)7-13(22)18-15-11-3-9-2-10(5-11)6-12(15)4-9/h9-12,15H,2-7H2,1H3,(H,18,22). The number of rotatable bonds is 4. The maximum Gasteiger partial charge on any atom is 0.404 e. The largest absolute Gasteiger partial charge is 0.404 e. The molecule has 4 bridgehead atoms. The number of halogens is 1. The molecule has 1 amide bonds. The van der Waals surface area contributed by atoms with Gasteiger partial charge in [0.2, 0.25) is 5.91 Å². The highest BCUT2D eigenvalue weighted by atomic mass is 79.9. The summed E-state index contributed by atoms with van der Waals surface area (Å²) >= 11 is 3.18. The van der Waals surface area contributed by atoms with E-state index in [4.69, 9.17) is 0 Å². The van der Waals surface area contributed by atoms with Crippen molar-refractivity contribution >= 4 is 27.7 Å². The predicted octanol–water partition coefficient (Wildman–Crippen LogP) is 2.80. The Hall–Kier alpha value is -1.44. The third-order valence-corrected chi connectivity index (χ3v) is 7.07. The summed E-state index contributed by atoms with van der Waals surface area (Å²) in [6.07, 6.45) is 6.37. The number of nitro groups is 1. The number of aromatic nitrogens is 2. The van der Waals surface area contributed by atoms with Crippen LogP contribution in [0.25, 0.3) is 0 Å². The summed E-state index contributed by atoms with van der Waals surface area (Å²) < 4.78 is 1.75. The summed E-state index contributed by atoms with van der Waals surface area (Å²) in [5, 5.41) is 18.1. The van der Waals surface area contributed by atoms with Crippen LogP contribution in [0.2, 0.25) is 0 Å². The maximum atomic E-state index is 12.5. The average molecular weight is 397 g/mol. The van der Waals surface area contributed by atoms with Gasteiger partial charge in [-0.1, -0.05) is 0 Å². The van der Waals surface area contributed by atoms with Gasteiger partial charge in [-0.3, -0.25) is 4.79 Å². The number of nitrogens with one attached hydrogen (secondary N) is 1. The summed E-state index contributed by atoms with van der Waals surface area (Å²) in [4.78, 5) is 22.9. The van der Waals surface area contributed by atoms with Crippen molar-refractivity contribution in [1.82, 2.24) is 15.1 Å². The maximum absolute atomic E-state index is 12.5. The van der Waals surface area contributed by atoms with Crippen LogP contribution in [0.5, 0.6) is 0 Å². The summed E-state index contributed by atoms with van der Waals surface area (Å²) in [7, 11) is 0. The van der Waals surface area contributed by atoms with Crippen LogP contribution in [-0.2, 0) is 11.3 Å². The van der Waals surface area contributed by atoms with E-state index in [1.54, 1.807) is 6.92 Å². The first kappa shape index (κ1) is 16.1. The van der Waals surface area contributed by atoms with Gasteiger partial charge in [0.15, 0.2) is 0 Å². The van der Waals surface area contributed by atoms with E-state index in [0.717, 1.165) is 11.8 Å². The van der Waals surface area contributed by atoms with Gasteiger partial charge in [-0.15, -0.1) is 0 Å². The number of hydrogen-bond donors (Lipinski definition) is 1. The van der Waals surface area contributed by atoms with Gasteiger partial charge >= 0.3 is 5.82 Å². The zero-order chi connectivity index (χ0) is 17.0. The van der Waals surface area contributed by atoms with Crippen LogP contribution >= 0.6 is 15.9 Å². The van der Waals surface area contributed by atoms with Crippen molar-refractivity contribution in [2.75, 3.05) is 0 Å². The van der Waals surface area contributed by atoms with E-state index in [1.807, 2.05) is 0 Å². The molecular weight excluding hydrogens is 376 g/mol. The molecule has 1 aromatic rings. The molecule has 130 valence electrons. The van der Waals surface area contributed by atoms with Crippen LogP contribution in [-0.4, -0.2) is 26.7 Å². The van der Waals surface area contributed by atoms with Crippen LogP contribution in [0, 0.1) is 40.7 Å². The normalized spacial score (nSPS) is 33.7. The van der Waals surface area contributed by atoms with Crippen molar-refractivity contribution < 1.29 is 9.72 Å². The van der Waals surface area contributed by atoms with Gasteiger partial charge in [-0.25, -0.2) is 0 Å². The van der Waals surface area contributed by atoms with Crippen LogP contribution in [0.4, 0.5) is 5.82 Å². The zero-order valence-electron chi connectivity index (χ0n) is 13.6. The first-order chi connectivity index (χ1) is 11.4. The molecule has 0 atom stereocenters. The third-order valence-electron chi connectivity index (χ3n) is 6.14. The lowest BCUT2D eigenvalue weighted by molar-refractivity contribution is -0.390. The first-order valence-corrected chi connectivity index (χ1v) is 9.38. The Morgan fingerprint density at radius 2 is 1.88 bits per heavy atom.